The third-order valence-corrected chi connectivity index (χ3v) is 2.21. The number of nitrogens with one attached hydrogen (secondary N) is 1. The number of rotatable bonds is 1. The summed E-state index contributed by atoms with van der Waals surface area (Å²) in [5, 5.41) is 3.11. The third-order valence-electron chi connectivity index (χ3n) is 1.13. The molecule has 10 heavy (non-hydrogen) atoms. The molecule has 0 saturated carbocycles. The van der Waals surface area contributed by atoms with E-state index in [4.69, 9.17) is 4.74 Å². The minimum atomic E-state index is -0.186. The van der Waals surface area contributed by atoms with Crippen molar-refractivity contribution in [1.82, 2.24) is 5.32 Å². The molecule has 1 unspecified atom stereocenters. The summed E-state index contributed by atoms with van der Waals surface area (Å²) in [4.78, 5) is 10.4. The number of thioether (sulfide) groups is 1. The minimum absolute atomic E-state index is 0.0428. The molecule has 1 rings (SSSR count). The Hall–Kier alpha value is 0.290. The summed E-state index contributed by atoms with van der Waals surface area (Å²) < 4.78 is 5.03. The maximum Gasteiger partial charge on any atom is 0.245 e. The summed E-state index contributed by atoms with van der Waals surface area (Å²) in [5.41, 5.74) is -0.0428. The van der Waals surface area contributed by atoms with Crippen LogP contribution in [0.1, 0.15) is 0 Å². The molecule has 1 N–H and O–H groups in total. The maximum atomic E-state index is 10.4. The highest BCUT2D eigenvalue weighted by molar-refractivity contribution is 8.32. The van der Waals surface area contributed by atoms with Gasteiger partial charge >= 0.3 is 0 Å². The van der Waals surface area contributed by atoms with E-state index in [9.17, 15) is 4.79 Å². The molecular formula is C5H9NO2S2. The molecule has 0 radical (unpaired) electrons. The topological polar surface area (TPSA) is 38.3 Å². The van der Waals surface area contributed by atoms with Crippen molar-refractivity contribution < 1.29 is 9.53 Å². The van der Waals surface area contributed by atoms with E-state index in [0.29, 0.717) is 6.61 Å². The lowest BCUT2D eigenvalue weighted by Gasteiger charge is -2.21. The molecule has 0 aromatic heterocycles. The van der Waals surface area contributed by atoms with Crippen LogP contribution in [-0.2, 0) is 4.74 Å². The van der Waals surface area contributed by atoms with Crippen LogP contribution in [0, 0.1) is 0 Å². The normalized spacial score (nSPS) is 26.3. The van der Waals surface area contributed by atoms with Crippen LogP contribution in [0.5, 0.6) is 0 Å². The molecule has 0 amide bonds. The molecule has 5 heteroatoms. The number of hydrogen-bond donors (Lipinski definition) is 2. The van der Waals surface area contributed by atoms with Crippen LogP contribution in [-0.4, -0.2) is 29.6 Å². The molecule has 0 aromatic carbocycles. The second-order valence-corrected chi connectivity index (χ2v) is 3.73. The number of ether oxygens (including phenoxy) is 1. The van der Waals surface area contributed by atoms with Crippen LogP contribution in [0.25, 0.3) is 0 Å². The monoisotopic (exact) mass is 179 g/mol. The van der Waals surface area contributed by atoms with Crippen molar-refractivity contribution in [3.63, 3.8) is 0 Å². The van der Waals surface area contributed by atoms with Gasteiger partial charge in [0.05, 0.1) is 6.61 Å². The van der Waals surface area contributed by atoms with Gasteiger partial charge in [-0.25, -0.2) is 0 Å². The van der Waals surface area contributed by atoms with E-state index >= 15 is 0 Å². The number of carbonyl (C=O) groups excluding carboxylic acids is 1. The van der Waals surface area contributed by atoms with E-state index in [1.165, 1.54) is 0 Å². The summed E-state index contributed by atoms with van der Waals surface area (Å²) in [6.07, 6.45) is 0. The van der Waals surface area contributed by atoms with Gasteiger partial charge in [0.15, 0.2) is 0 Å². The lowest BCUT2D eigenvalue weighted by molar-refractivity contribution is 0.0857. The quantitative estimate of drug-likeness (QED) is 0.582. The average molecular weight is 179 g/mol. The van der Waals surface area contributed by atoms with E-state index in [1.54, 1.807) is 0 Å². The largest absolute Gasteiger partial charge is 0.364 e. The van der Waals surface area contributed by atoms with Crippen LogP contribution >= 0.6 is 24.4 Å². The van der Waals surface area contributed by atoms with Crippen LogP contribution in [0.2, 0.25) is 0 Å². The molecule has 1 atom stereocenters. The Labute approximate surface area is 69.3 Å². The number of thiol groups is 1. The second kappa shape index (κ2) is 4.23. The standard InChI is InChI=1S/C5H9NO2S2/c7-5(9)10-4-3-6-1-2-8-4/h4,6H,1-3H2,(H,7,9). The Balaban J connectivity index is 2.19. The average Bonchev–Trinajstić information content (AvgIpc) is 1.88. The molecule has 1 heterocycles. The van der Waals surface area contributed by atoms with Gasteiger partial charge in [0.25, 0.3) is 0 Å². The molecule has 1 fully saturated rings. The van der Waals surface area contributed by atoms with Crippen molar-refractivity contribution in [3.8, 4) is 0 Å². The van der Waals surface area contributed by atoms with Gasteiger partial charge in [0, 0.05) is 13.1 Å². The van der Waals surface area contributed by atoms with Gasteiger partial charge < -0.3 is 10.1 Å². The molecule has 0 aliphatic carbocycles. The van der Waals surface area contributed by atoms with Gasteiger partial charge in [0.1, 0.15) is 5.44 Å². The first-order chi connectivity index (χ1) is 4.79. The van der Waals surface area contributed by atoms with Gasteiger partial charge in [-0.05, 0) is 11.8 Å². The number of morpholine rings is 1. The molecule has 3 nitrogen and oxygen atoms in total. The predicted molar refractivity (Wildman–Crippen MR) is 44.6 cm³/mol. The van der Waals surface area contributed by atoms with Crippen LogP contribution in [0.3, 0.4) is 0 Å². The Morgan fingerprint density at radius 2 is 2.60 bits per heavy atom. The smallest absolute Gasteiger partial charge is 0.245 e. The fraction of sp³-hybridized carbons (Fsp3) is 0.800. The molecular weight excluding hydrogens is 170 g/mol. The van der Waals surface area contributed by atoms with Crippen molar-refractivity contribution in [3.05, 3.63) is 0 Å². The van der Waals surface area contributed by atoms with Gasteiger partial charge in [0.2, 0.25) is 4.45 Å². The van der Waals surface area contributed by atoms with Crippen molar-refractivity contribution in [2.45, 2.75) is 5.44 Å². The first-order valence-corrected chi connectivity index (χ1v) is 4.33. The Morgan fingerprint density at radius 3 is 3.10 bits per heavy atom. The van der Waals surface area contributed by atoms with E-state index in [0.717, 1.165) is 24.9 Å². The molecule has 0 bridgehead atoms. The van der Waals surface area contributed by atoms with Crippen LogP contribution < -0.4 is 5.32 Å². The SMILES string of the molecule is O=C(S)SC1CNCCO1. The third kappa shape index (κ3) is 2.92. The van der Waals surface area contributed by atoms with Gasteiger partial charge in [-0.2, -0.15) is 0 Å². The highest BCUT2D eigenvalue weighted by Gasteiger charge is 2.15. The van der Waals surface area contributed by atoms with E-state index in [1.807, 2.05) is 0 Å². The molecule has 0 spiro atoms. The van der Waals surface area contributed by atoms with Gasteiger partial charge in [-0.3, -0.25) is 4.79 Å². The molecule has 1 aliphatic rings. The first-order valence-electron chi connectivity index (χ1n) is 3.01. The van der Waals surface area contributed by atoms with Crippen molar-refractivity contribution in [1.29, 1.82) is 0 Å². The summed E-state index contributed by atoms with van der Waals surface area (Å²) in [5.74, 6) is 0. The van der Waals surface area contributed by atoms with Crippen LogP contribution in [0.15, 0.2) is 0 Å². The van der Waals surface area contributed by atoms with Crippen molar-refractivity contribution in [2.24, 2.45) is 0 Å². The zero-order valence-corrected chi connectivity index (χ0v) is 7.08. The Kier molecular flexibility index (Phi) is 3.55. The van der Waals surface area contributed by atoms with Crippen LogP contribution in [0.4, 0.5) is 4.79 Å². The van der Waals surface area contributed by atoms with Crippen molar-refractivity contribution in [2.75, 3.05) is 19.7 Å². The zero-order chi connectivity index (χ0) is 7.40. The first kappa shape index (κ1) is 8.39. The van der Waals surface area contributed by atoms with Crippen molar-refractivity contribution >= 4 is 28.8 Å². The van der Waals surface area contributed by atoms with E-state index in [2.05, 4.69) is 17.9 Å². The fourth-order valence-corrected chi connectivity index (χ4v) is 1.67. The number of hydrogen-bond acceptors (Lipinski definition) is 4. The molecule has 1 saturated heterocycles. The maximum absolute atomic E-state index is 10.4. The highest BCUT2D eigenvalue weighted by Crippen LogP contribution is 2.16. The fourth-order valence-electron chi connectivity index (χ4n) is 0.730. The van der Waals surface area contributed by atoms with E-state index < -0.39 is 0 Å². The molecule has 0 aromatic rings. The lowest BCUT2D eigenvalue weighted by atomic mass is 10.5. The molecule has 58 valence electrons. The highest BCUT2D eigenvalue weighted by atomic mass is 32.2. The van der Waals surface area contributed by atoms with Gasteiger partial charge in [-0.1, -0.05) is 12.6 Å². The van der Waals surface area contributed by atoms with Gasteiger partial charge in [-0.15, -0.1) is 0 Å². The second-order valence-electron chi connectivity index (χ2n) is 1.89. The summed E-state index contributed by atoms with van der Waals surface area (Å²) in [6, 6.07) is 0. The zero-order valence-electron chi connectivity index (χ0n) is 5.37. The lowest BCUT2D eigenvalue weighted by Crippen LogP contribution is -2.36. The predicted octanol–water partition coefficient (Wildman–Crippen LogP) is 0.715. The Bertz CT molecular complexity index is 125. The number of carbonyl (C=O) groups is 1. The minimum Gasteiger partial charge on any atom is -0.364 e. The summed E-state index contributed by atoms with van der Waals surface area (Å²) >= 11 is 4.74. The van der Waals surface area contributed by atoms with E-state index in [-0.39, 0.29) is 9.88 Å². The molecule has 1 aliphatic heterocycles. The summed E-state index contributed by atoms with van der Waals surface area (Å²) in [6.45, 7) is 2.29. The summed E-state index contributed by atoms with van der Waals surface area (Å²) in [7, 11) is 0. The Morgan fingerprint density at radius 1 is 1.80 bits per heavy atom.